The first kappa shape index (κ1) is 17.0. The van der Waals surface area contributed by atoms with Crippen molar-refractivity contribution in [1.29, 1.82) is 0 Å². The Balaban J connectivity index is 1.43. The zero-order chi connectivity index (χ0) is 16.9. The third kappa shape index (κ3) is 4.15. The molecule has 2 saturated heterocycles. The topological polar surface area (TPSA) is 58.6 Å². The van der Waals surface area contributed by atoms with Crippen molar-refractivity contribution < 1.29 is 14.3 Å². The lowest BCUT2D eigenvalue weighted by Crippen LogP contribution is -2.46. The summed E-state index contributed by atoms with van der Waals surface area (Å²) in [5, 5.41) is 3.02. The van der Waals surface area contributed by atoms with Gasteiger partial charge in [-0.2, -0.15) is 0 Å². The molecule has 1 aromatic carbocycles. The lowest BCUT2D eigenvalue weighted by molar-refractivity contribution is -0.143. The Morgan fingerprint density at radius 2 is 1.88 bits per heavy atom. The fourth-order valence-electron chi connectivity index (χ4n) is 3.38. The molecule has 2 heterocycles. The molecule has 130 valence electrons. The summed E-state index contributed by atoms with van der Waals surface area (Å²) < 4.78 is 5.47. The van der Waals surface area contributed by atoms with Gasteiger partial charge in [-0.1, -0.05) is 29.8 Å². The Morgan fingerprint density at radius 3 is 2.50 bits per heavy atom. The summed E-state index contributed by atoms with van der Waals surface area (Å²) in [6.07, 6.45) is 3.01. The van der Waals surface area contributed by atoms with E-state index in [0.717, 1.165) is 31.2 Å². The molecule has 0 aliphatic carbocycles. The molecule has 1 atom stereocenters. The van der Waals surface area contributed by atoms with E-state index in [1.807, 2.05) is 24.0 Å². The highest BCUT2D eigenvalue weighted by molar-refractivity contribution is 5.82. The van der Waals surface area contributed by atoms with Crippen LogP contribution in [0.2, 0.25) is 0 Å². The van der Waals surface area contributed by atoms with Gasteiger partial charge in [0.2, 0.25) is 5.91 Å². The quantitative estimate of drug-likeness (QED) is 0.919. The second-order valence-corrected chi connectivity index (χ2v) is 6.80. The predicted octanol–water partition coefficient (Wildman–Crippen LogP) is 2.03. The molecule has 2 aliphatic heterocycles. The number of rotatable bonds is 4. The van der Waals surface area contributed by atoms with Crippen molar-refractivity contribution in [2.75, 3.05) is 19.7 Å². The number of carbonyl (C=O) groups excluding carboxylic acids is 2. The van der Waals surface area contributed by atoms with Gasteiger partial charge < -0.3 is 15.0 Å². The van der Waals surface area contributed by atoms with E-state index in [9.17, 15) is 9.59 Å². The number of aryl methyl sites for hydroxylation is 1. The van der Waals surface area contributed by atoms with Crippen molar-refractivity contribution in [2.24, 2.45) is 5.92 Å². The van der Waals surface area contributed by atoms with Gasteiger partial charge in [0.25, 0.3) is 5.91 Å². The molecule has 1 unspecified atom stereocenters. The third-order valence-corrected chi connectivity index (χ3v) is 4.97. The molecule has 0 spiro atoms. The largest absolute Gasteiger partial charge is 0.368 e. The maximum absolute atomic E-state index is 12.3. The Kier molecular flexibility index (Phi) is 5.51. The van der Waals surface area contributed by atoms with E-state index < -0.39 is 0 Å². The summed E-state index contributed by atoms with van der Waals surface area (Å²) in [6.45, 7) is 4.61. The summed E-state index contributed by atoms with van der Waals surface area (Å²) in [5.41, 5.74) is 2.33. The van der Waals surface area contributed by atoms with Crippen LogP contribution < -0.4 is 5.32 Å². The number of hydrogen-bond donors (Lipinski definition) is 1. The normalized spacial score (nSPS) is 21.7. The molecular formula is C19H26N2O3. The van der Waals surface area contributed by atoms with Crippen LogP contribution in [0.4, 0.5) is 0 Å². The summed E-state index contributed by atoms with van der Waals surface area (Å²) in [7, 11) is 0. The van der Waals surface area contributed by atoms with Gasteiger partial charge >= 0.3 is 0 Å². The van der Waals surface area contributed by atoms with E-state index >= 15 is 0 Å². The number of carbonyl (C=O) groups is 2. The lowest BCUT2D eigenvalue weighted by atomic mass is 9.95. The molecule has 24 heavy (non-hydrogen) atoms. The molecule has 3 rings (SSSR count). The first-order valence-electron chi connectivity index (χ1n) is 8.87. The molecule has 1 N–H and O–H groups in total. The standard InChI is InChI=1S/C19H26N2O3/c1-14-4-6-15(7-5-14)13-20-18(22)16-8-10-21(11-9-16)19(23)17-3-2-12-24-17/h4-7,16-17H,2-3,8-13H2,1H3,(H,20,22). The molecular weight excluding hydrogens is 304 g/mol. The van der Waals surface area contributed by atoms with Crippen LogP contribution in [0, 0.1) is 12.8 Å². The number of likely N-dealkylation sites (tertiary alicyclic amines) is 1. The number of nitrogens with one attached hydrogen (secondary N) is 1. The minimum atomic E-state index is -0.253. The molecule has 0 bridgehead atoms. The molecule has 0 saturated carbocycles. The summed E-state index contributed by atoms with van der Waals surface area (Å²) >= 11 is 0. The first-order chi connectivity index (χ1) is 11.6. The maximum atomic E-state index is 12.3. The van der Waals surface area contributed by atoms with Gasteiger partial charge in [-0.15, -0.1) is 0 Å². The van der Waals surface area contributed by atoms with Crippen molar-refractivity contribution in [3.8, 4) is 0 Å². The zero-order valence-electron chi connectivity index (χ0n) is 14.3. The highest BCUT2D eigenvalue weighted by Gasteiger charge is 2.32. The summed E-state index contributed by atoms with van der Waals surface area (Å²) in [5.74, 6) is 0.204. The van der Waals surface area contributed by atoms with Gasteiger partial charge in [-0.25, -0.2) is 0 Å². The highest BCUT2D eigenvalue weighted by Crippen LogP contribution is 2.21. The molecule has 0 aromatic heterocycles. The van der Waals surface area contributed by atoms with Crippen molar-refractivity contribution in [3.05, 3.63) is 35.4 Å². The molecule has 1 aromatic rings. The summed E-state index contributed by atoms with van der Waals surface area (Å²) in [4.78, 5) is 26.5. The van der Waals surface area contributed by atoms with Gasteiger partial charge in [-0.05, 0) is 38.2 Å². The minimum Gasteiger partial charge on any atom is -0.368 e. The zero-order valence-corrected chi connectivity index (χ0v) is 14.3. The van der Waals surface area contributed by atoms with Crippen LogP contribution in [0.5, 0.6) is 0 Å². The Hall–Kier alpha value is -1.88. The molecule has 2 aliphatic rings. The Labute approximate surface area is 143 Å². The molecule has 5 heteroatoms. The van der Waals surface area contributed by atoms with Crippen molar-refractivity contribution in [1.82, 2.24) is 10.2 Å². The van der Waals surface area contributed by atoms with E-state index in [4.69, 9.17) is 4.74 Å². The van der Waals surface area contributed by atoms with Crippen LogP contribution in [0.3, 0.4) is 0 Å². The first-order valence-corrected chi connectivity index (χ1v) is 8.87. The van der Waals surface area contributed by atoms with Gasteiger partial charge in [0.15, 0.2) is 0 Å². The Bertz CT molecular complexity index is 571. The van der Waals surface area contributed by atoms with Crippen molar-refractivity contribution >= 4 is 11.8 Å². The average Bonchev–Trinajstić information content (AvgIpc) is 3.15. The van der Waals surface area contributed by atoms with Gasteiger partial charge in [0, 0.05) is 32.2 Å². The van der Waals surface area contributed by atoms with Crippen LogP contribution in [0.1, 0.15) is 36.8 Å². The number of nitrogens with zero attached hydrogens (tertiary/aromatic N) is 1. The third-order valence-electron chi connectivity index (χ3n) is 4.97. The molecule has 5 nitrogen and oxygen atoms in total. The second kappa shape index (κ2) is 7.79. The van der Waals surface area contributed by atoms with Crippen LogP contribution >= 0.6 is 0 Å². The van der Waals surface area contributed by atoms with Crippen LogP contribution in [0.25, 0.3) is 0 Å². The smallest absolute Gasteiger partial charge is 0.251 e. The fourth-order valence-corrected chi connectivity index (χ4v) is 3.38. The number of piperidine rings is 1. The number of amides is 2. The van der Waals surface area contributed by atoms with Crippen LogP contribution in [-0.2, 0) is 20.9 Å². The Morgan fingerprint density at radius 1 is 1.17 bits per heavy atom. The van der Waals surface area contributed by atoms with Gasteiger partial charge in [0.05, 0.1) is 0 Å². The van der Waals surface area contributed by atoms with E-state index in [2.05, 4.69) is 17.4 Å². The fraction of sp³-hybridized carbons (Fsp3) is 0.579. The van der Waals surface area contributed by atoms with E-state index in [1.54, 1.807) is 0 Å². The molecule has 0 radical (unpaired) electrons. The van der Waals surface area contributed by atoms with E-state index in [-0.39, 0.29) is 23.8 Å². The molecule has 2 amide bonds. The predicted molar refractivity (Wildman–Crippen MR) is 91.3 cm³/mol. The van der Waals surface area contributed by atoms with Crippen molar-refractivity contribution in [3.63, 3.8) is 0 Å². The SMILES string of the molecule is Cc1ccc(CNC(=O)C2CCN(C(=O)C3CCCO3)CC2)cc1. The van der Waals surface area contributed by atoms with E-state index in [1.165, 1.54) is 5.56 Å². The van der Waals surface area contributed by atoms with Gasteiger partial charge in [0.1, 0.15) is 6.10 Å². The number of benzene rings is 1. The van der Waals surface area contributed by atoms with Crippen molar-refractivity contribution in [2.45, 2.75) is 45.3 Å². The van der Waals surface area contributed by atoms with Crippen LogP contribution in [-0.4, -0.2) is 42.5 Å². The lowest BCUT2D eigenvalue weighted by Gasteiger charge is -2.32. The number of ether oxygens (including phenoxy) is 1. The maximum Gasteiger partial charge on any atom is 0.251 e. The van der Waals surface area contributed by atoms with E-state index in [0.29, 0.717) is 26.2 Å². The van der Waals surface area contributed by atoms with Crippen LogP contribution in [0.15, 0.2) is 24.3 Å². The molecule has 2 fully saturated rings. The van der Waals surface area contributed by atoms with Gasteiger partial charge in [-0.3, -0.25) is 9.59 Å². The summed E-state index contributed by atoms with van der Waals surface area (Å²) in [6, 6.07) is 8.18. The highest BCUT2D eigenvalue weighted by atomic mass is 16.5. The number of hydrogen-bond acceptors (Lipinski definition) is 3. The minimum absolute atomic E-state index is 0.00370. The average molecular weight is 330 g/mol. The second-order valence-electron chi connectivity index (χ2n) is 6.80. The monoisotopic (exact) mass is 330 g/mol.